The first-order valence-corrected chi connectivity index (χ1v) is 10.7. The number of hydrogen-bond acceptors (Lipinski definition) is 2. The Morgan fingerprint density at radius 1 is 1.04 bits per heavy atom. The van der Waals surface area contributed by atoms with Gasteiger partial charge in [0.05, 0.1) is 11.4 Å². The highest BCUT2D eigenvalue weighted by atomic mass is 15.3. The Bertz CT molecular complexity index is 810. The number of anilines is 1. The van der Waals surface area contributed by atoms with Gasteiger partial charge in [-0.05, 0) is 86.8 Å². The number of rotatable bonds is 3. The van der Waals surface area contributed by atoms with Crippen LogP contribution in [0.25, 0.3) is 5.69 Å². The lowest BCUT2D eigenvalue weighted by molar-refractivity contribution is -0.00770. The van der Waals surface area contributed by atoms with Crippen LogP contribution < -0.4 is 5.32 Å². The van der Waals surface area contributed by atoms with Crippen molar-refractivity contribution in [2.45, 2.75) is 63.7 Å². The van der Waals surface area contributed by atoms with Crippen molar-refractivity contribution in [2.75, 3.05) is 11.9 Å². The number of nitrogens with one attached hydrogen (secondary N) is 1. The van der Waals surface area contributed by atoms with Gasteiger partial charge in [-0.25, -0.2) is 4.68 Å². The quantitative estimate of drug-likeness (QED) is 0.858. The molecule has 1 aromatic heterocycles. The van der Waals surface area contributed by atoms with Gasteiger partial charge in [-0.15, -0.1) is 0 Å². The fourth-order valence-electron chi connectivity index (χ4n) is 7.06. The van der Waals surface area contributed by atoms with Crippen molar-refractivity contribution in [3.8, 4) is 5.69 Å². The molecule has 0 amide bonds. The molecule has 3 heteroatoms. The van der Waals surface area contributed by atoms with Gasteiger partial charge in [-0.2, -0.15) is 5.10 Å². The van der Waals surface area contributed by atoms with Gasteiger partial charge in [-0.3, -0.25) is 0 Å². The summed E-state index contributed by atoms with van der Waals surface area (Å²) in [6.07, 6.45) is 10.9. The lowest BCUT2D eigenvalue weighted by atomic mass is 9.48. The summed E-state index contributed by atoms with van der Waals surface area (Å²) in [6, 6.07) is 9.00. The van der Waals surface area contributed by atoms with E-state index in [0.29, 0.717) is 5.41 Å². The number of nitrogens with zero attached hydrogens (tertiary/aromatic N) is 2. The molecule has 1 aromatic carbocycles. The van der Waals surface area contributed by atoms with Crippen LogP contribution in [-0.2, 0) is 18.3 Å². The lowest BCUT2D eigenvalue weighted by Crippen LogP contribution is -2.49. The van der Waals surface area contributed by atoms with Crippen LogP contribution in [0.5, 0.6) is 0 Å². The maximum Gasteiger partial charge on any atom is 0.133 e. The molecule has 4 bridgehead atoms. The van der Waals surface area contributed by atoms with E-state index in [1.165, 1.54) is 66.9 Å². The molecule has 7 rings (SSSR count). The van der Waals surface area contributed by atoms with Gasteiger partial charge < -0.3 is 5.32 Å². The largest absolute Gasteiger partial charge is 0.369 e. The second-order valence-corrected chi connectivity index (χ2v) is 9.48. The van der Waals surface area contributed by atoms with Crippen LogP contribution in [0.15, 0.2) is 24.3 Å². The molecule has 1 N–H and O–H groups in total. The SMILES string of the molecule is CCc1ccc(-n2nc(C34CC5CC(CC(C5)C3)C4)c3c2NCC3)cc1. The second-order valence-electron chi connectivity index (χ2n) is 9.48. The summed E-state index contributed by atoms with van der Waals surface area (Å²) < 4.78 is 2.22. The van der Waals surface area contributed by atoms with Crippen LogP contribution in [0, 0.1) is 17.8 Å². The predicted molar refractivity (Wildman–Crippen MR) is 105 cm³/mol. The summed E-state index contributed by atoms with van der Waals surface area (Å²) >= 11 is 0. The molecule has 4 fully saturated rings. The van der Waals surface area contributed by atoms with Crippen LogP contribution in [0.2, 0.25) is 0 Å². The van der Waals surface area contributed by atoms with Crippen LogP contribution in [-0.4, -0.2) is 16.3 Å². The zero-order valence-electron chi connectivity index (χ0n) is 15.8. The van der Waals surface area contributed by atoms with E-state index < -0.39 is 0 Å². The van der Waals surface area contributed by atoms with Crippen molar-refractivity contribution in [1.82, 2.24) is 9.78 Å². The Labute approximate surface area is 156 Å². The van der Waals surface area contributed by atoms with Gasteiger partial charge in [0.15, 0.2) is 0 Å². The summed E-state index contributed by atoms with van der Waals surface area (Å²) in [6.45, 7) is 3.28. The molecule has 4 aliphatic carbocycles. The fourth-order valence-corrected chi connectivity index (χ4v) is 7.06. The van der Waals surface area contributed by atoms with Crippen LogP contribution in [0.1, 0.15) is 62.3 Å². The number of aryl methyl sites for hydroxylation is 1. The van der Waals surface area contributed by atoms with Gasteiger partial charge in [0.2, 0.25) is 0 Å². The Hall–Kier alpha value is -1.77. The van der Waals surface area contributed by atoms with E-state index in [4.69, 9.17) is 5.10 Å². The smallest absolute Gasteiger partial charge is 0.133 e. The molecule has 2 aromatic rings. The minimum absolute atomic E-state index is 0.388. The van der Waals surface area contributed by atoms with Crippen LogP contribution in [0.3, 0.4) is 0 Å². The van der Waals surface area contributed by atoms with Crippen LogP contribution in [0.4, 0.5) is 5.82 Å². The molecule has 5 aliphatic rings. The average molecular weight is 348 g/mol. The normalized spacial score (nSPS) is 34.1. The molecule has 0 saturated heterocycles. The maximum atomic E-state index is 5.30. The Morgan fingerprint density at radius 2 is 1.69 bits per heavy atom. The summed E-state index contributed by atoms with van der Waals surface area (Å²) in [7, 11) is 0. The van der Waals surface area contributed by atoms with Crippen molar-refractivity contribution in [2.24, 2.45) is 17.8 Å². The molecule has 26 heavy (non-hydrogen) atoms. The number of fused-ring (bicyclic) bond motifs is 1. The number of benzene rings is 1. The molecule has 4 saturated carbocycles. The maximum absolute atomic E-state index is 5.30. The molecule has 0 radical (unpaired) electrons. The standard InChI is InChI=1S/C23H29N3/c1-2-15-3-5-19(6-4-15)26-22-20(7-8-24-22)21(25-26)23-12-16-9-17(13-23)11-18(10-16)14-23/h3-6,16-18,24H,2,7-14H2,1H3. The zero-order chi connectivity index (χ0) is 17.3. The average Bonchev–Trinajstić information content (AvgIpc) is 3.23. The topological polar surface area (TPSA) is 29.9 Å². The second kappa shape index (κ2) is 5.37. The summed E-state index contributed by atoms with van der Waals surface area (Å²) in [5, 5.41) is 8.95. The van der Waals surface area contributed by atoms with E-state index in [0.717, 1.165) is 37.1 Å². The van der Waals surface area contributed by atoms with E-state index in [2.05, 4.69) is 41.2 Å². The third-order valence-electron chi connectivity index (χ3n) is 7.78. The van der Waals surface area contributed by atoms with E-state index in [9.17, 15) is 0 Å². The highest BCUT2D eigenvalue weighted by Crippen LogP contribution is 2.61. The third-order valence-corrected chi connectivity index (χ3v) is 7.78. The minimum Gasteiger partial charge on any atom is -0.369 e. The molecule has 0 unspecified atom stereocenters. The van der Waals surface area contributed by atoms with E-state index in [1.807, 2.05) is 0 Å². The molecular weight excluding hydrogens is 318 g/mol. The Kier molecular flexibility index (Phi) is 3.16. The molecule has 136 valence electrons. The van der Waals surface area contributed by atoms with E-state index >= 15 is 0 Å². The van der Waals surface area contributed by atoms with Gasteiger partial charge in [0.25, 0.3) is 0 Å². The van der Waals surface area contributed by atoms with E-state index in [-0.39, 0.29) is 0 Å². The number of aromatic nitrogens is 2. The summed E-state index contributed by atoms with van der Waals surface area (Å²) in [4.78, 5) is 0. The molecule has 2 heterocycles. The third kappa shape index (κ3) is 2.09. The van der Waals surface area contributed by atoms with Gasteiger partial charge in [-0.1, -0.05) is 19.1 Å². The highest BCUT2D eigenvalue weighted by Gasteiger charge is 2.54. The zero-order valence-corrected chi connectivity index (χ0v) is 15.8. The van der Waals surface area contributed by atoms with Crippen LogP contribution >= 0.6 is 0 Å². The van der Waals surface area contributed by atoms with Crippen molar-refractivity contribution in [1.29, 1.82) is 0 Å². The Balaban J connectivity index is 1.46. The first-order chi connectivity index (χ1) is 12.7. The van der Waals surface area contributed by atoms with Gasteiger partial charge >= 0.3 is 0 Å². The van der Waals surface area contributed by atoms with Crippen molar-refractivity contribution in [3.05, 3.63) is 41.1 Å². The molecule has 3 nitrogen and oxygen atoms in total. The van der Waals surface area contributed by atoms with E-state index in [1.54, 1.807) is 0 Å². The summed E-state index contributed by atoms with van der Waals surface area (Å²) in [5.74, 6) is 4.20. The number of hydrogen-bond donors (Lipinski definition) is 1. The molecular formula is C23H29N3. The van der Waals surface area contributed by atoms with Gasteiger partial charge in [0.1, 0.15) is 5.82 Å². The van der Waals surface area contributed by atoms with Crippen molar-refractivity contribution in [3.63, 3.8) is 0 Å². The predicted octanol–water partition coefficient (Wildman–Crippen LogP) is 4.87. The molecule has 0 atom stereocenters. The first-order valence-electron chi connectivity index (χ1n) is 10.7. The molecule has 0 spiro atoms. The van der Waals surface area contributed by atoms with Crippen molar-refractivity contribution < 1.29 is 0 Å². The highest BCUT2D eigenvalue weighted by molar-refractivity contribution is 5.59. The van der Waals surface area contributed by atoms with Gasteiger partial charge in [0, 0.05) is 17.5 Å². The fraction of sp³-hybridized carbons (Fsp3) is 0.609. The summed E-state index contributed by atoms with van der Waals surface area (Å²) in [5.41, 5.74) is 6.00. The molecule has 1 aliphatic heterocycles. The first kappa shape index (κ1) is 15.3. The monoisotopic (exact) mass is 347 g/mol. The minimum atomic E-state index is 0.388. The Morgan fingerprint density at radius 3 is 2.31 bits per heavy atom. The van der Waals surface area contributed by atoms with Crippen molar-refractivity contribution >= 4 is 5.82 Å². The lowest BCUT2D eigenvalue weighted by Gasteiger charge is -2.56.